The summed E-state index contributed by atoms with van der Waals surface area (Å²) in [5.74, 6) is 1.23. The van der Waals surface area contributed by atoms with E-state index < -0.39 is 0 Å². The van der Waals surface area contributed by atoms with Gasteiger partial charge in [0, 0.05) is 29.3 Å². The lowest BCUT2D eigenvalue weighted by Crippen LogP contribution is -2.01. The topological polar surface area (TPSA) is 30.0 Å². The minimum Gasteiger partial charge on any atom is -0.299 e. The lowest BCUT2D eigenvalue weighted by Gasteiger charge is -2.16. The Balaban J connectivity index is 0.000000230. The number of halogens is 1. The summed E-state index contributed by atoms with van der Waals surface area (Å²) >= 11 is 0. The second kappa shape index (κ2) is 10.0. The number of Topliss-reactive ketones (excluding diaryl/α,β-unsaturated/α-hetero) is 1. The zero-order valence-electron chi connectivity index (χ0n) is 18.5. The lowest BCUT2D eigenvalue weighted by molar-refractivity contribution is -0.120. The van der Waals surface area contributed by atoms with E-state index in [-0.39, 0.29) is 5.82 Å². The molecule has 0 aliphatic heterocycles. The molecule has 0 radical (unpaired) electrons. The van der Waals surface area contributed by atoms with Crippen LogP contribution >= 0.6 is 0 Å². The highest BCUT2D eigenvalue weighted by Crippen LogP contribution is 2.45. The molecule has 2 saturated carbocycles. The molecule has 164 valence electrons. The van der Waals surface area contributed by atoms with E-state index in [2.05, 4.69) is 25.3 Å². The SMILES string of the molecule is C=CCCC(=O)C1CC1.C=CCc1c(C2CC2)nc2ccccc2c1-c1ccc(F)cc1. The normalized spacial score (nSPS) is 15.0. The number of hydrogen-bond donors (Lipinski definition) is 0. The van der Waals surface area contributed by atoms with Gasteiger partial charge >= 0.3 is 0 Å². The molecule has 0 N–H and O–H groups in total. The van der Waals surface area contributed by atoms with Gasteiger partial charge in [-0.25, -0.2) is 4.39 Å². The van der Waals surface area contributed by atoms with E-state index in [9.17, 15) is 9.18 Å². The van der Waals surface area contributed by atoms with Crippen LogP contribution in [0.1, 0.15) is 55.7 Å². The second-order valence-electron chi connectivity index (χ2n) is 8.71. The molecule has 1 heterocycles. The number of fused-ring (bicyclic) bond motifs is 1. The van der Waals surface area contributed by atoms with Gasteiger partial charge in [0.05, 0.1) is 5.52 Å². The standard InChI is InChI=1S/C21H18FN.C8H12O/c1-2-5-18-20(14-10-12-16(22)13-11-14)17-6-3-4-7-19(17)23-21(18)15-8-9-15;1-2-3-4-8(9)7-5-6-7/h2-4,6-7,10-13,15H,1,5,8-9H2;2,7H,1,3-6H2. The van der Waals surface area contributed by atoms with Gasteiger partial charge < -0.3 is 0 Å². The molecule has 3 aromatic rings. The number of benzene rings is 2. The molecule has 0 saturated heterocycles. The average Bonchev–Trinajstić information content (AvgIpc) is 3.71. The van der Waals surface area contributed by atoms with Gasteiger partial charge in [0.1, 0.15) is 11.6 Å². The number of carbonyl (C=O) groups excluding carboxylic acids is 1. The van der Waals surface area contributed by atoms with Crippen LogP contribution in [0.25, 0.3) is 22.0 Å². The number of aromatic nitrogens is 1. The van der Waals surface area contributed by atoms with Crippen molar-refractivity contribution < 1.29 is 9.18 Å². The van der Waals surface area contributed by atoms with Crippen molar-refractivity contribution in [3.05, 3.63) is 90.9 Å². The number of rotatable bonds is 8. The molecule has 2 fully saturated rings. The first-order chi connectivity index (χ1) is 15.6. The first-order valence-corrected chi connectivity index (χ1v) is 11.5. The van der Waals surface area contributed by atoms with Gasteiger partial charge in [-0.1, -0.05) is 42.5 Å². The molecule has 3 heteroatoms. The number of carbonyl (C=O) groups is 1. The predicted molar refractivity (Wildman–Crippen MR) is 130 cm³/mol. The molecular formula is C29H30FNO. The molecule has 2 aliphatic rings. The Morgan fingerprint density at radius 2 is 1.72 bits per heavy atom. The monoisotopic (exact) mass is 427 g/mol. The Morgan fingerprint density at radius 3 is 2.34 bits per heavy atom. The van der Waals surface area contributed by atoms with Crippen molar-refractivity contribution in [2.45, 2.75) is 50.9 Å². The summed E-state index contributed by atoms with van der Waals surface area (Å²) in [5, 5.41) is 1.13. The van der Waals surface area contributed by atoms with Crippen LogP contribution in [0.15, 0.2) is 73.8 Å². The van der Waals surface area contributed by atoms with E-state index in [0.29, 0.717) is 24.0 Å². The summed E-state index contributed by atoms with van der Waals surface area (Å²) < 4.78 is 13.4. The fourth-order valence-electron chi connectivity index (χ4n) is 4.12. The second-order valence-corrected chi connectivity index (χ2v) is 8.71. The Kier molecular flexibility index (Phi) is 6.94. The van der Waals surface area contributed by atoms with E-state index in [4.69, 9.17) is 4.98 Å². The molecule has 1 aromatic heterocycles. The molecule has 2 aromatic carbocycles. The van der Waals surface area contributed by atoms with Crippen molar-refractivity contribution in [3.63, 3.8) is 0 Å². The number of ketones is 1. The van der Waals surface area contributed by atoms with Crippen molar-refractivity contribution in [2.24, 2.45) is 5.92 Å². The van der Waals surface area contributed by atoms with Crippen LogP contribution in [-0.4, -0.2) is 10.8 Å². The number of allylic oxidation sites excluding steroid dienone is 2. The van der Waals surface area contributed by atoms with Crippen LogP contribution in [0.3, 0.4) is 0 Å². The van der Waals surface area contributed by atoms with Crippen LogP contribution < -0.4 is 0 Å². The summed E-state index contributed by atoms with van der Waals surface area (Å²) in [7, 11) is 0. The van der Waals surface area contributed by atoms with Crippen LogP contribution in [0.5, 0.6) is 0 Å². The molecular weight excluding hydrogens is 397 g/mol. The van der Waals surface area contributed by atoms with Crippen LogP contribution in [0.2, 0.25) is 0 Å². The predicted octanol–water partition coefficient (Wildman–Crippen LogP) is 7.58. The van der Waals surface area contributed by atoms with Gasteiger partial charge in [0.2, 0.25) is 0 Å². The molecule has 0 unspecified atom stereocenters. The smallest absolute Gasteiger partial charge is 0.136 e. The third-order valence-electron chi connectivity index (χ3n) is 6.10. The Bertz CT molecular complexity index is 1120. The van der Waals surface area contributed by atoms with Crippen molar-refractivity contribution in [1.82, 2.24) is 4.98 Å². The largest absolute Gasteiger partial charge is 0.299 e. The minimum atomic E-state index is -0.209. The van der Waals surface area contributed by atoms with Crippen LogP contribution in [0, 0.1) is 11.7 Å². The average molecular weight is 428 g/mol. The Morgan fingerprint density at radius 1 is 1.00 bits per heavy atom. The summed E-state index contributed by atoms with van der Waals surface area (Å²) in [4.78, 5) is 15.9. The molecule has 0 spiro atoms. The first kappa shape index (κ1) is 22.1. The molecule has 0 bridgehead atoms. The van der Waals surface area contributed by atoms with Crippen molar-refractivity contribution in [3.8, 4) is 11.1 Å². The summed E-state index contributed by atoms with van der Waals surface area (Å²) in [6.07, 6.45) is 10.8. The maximum atomic E-state index is 13.4. The van der Waals surface area contributed by atoms with Gasteiger partial charge in [-0.3, -0.25) is 9.78 Å². The minimum absolute atomic E-state index is 0.209. The van der Waals surface area contributed by atoms with Gasteiger partial charge in [-0.2, -0.15) is 0 Å². The molecule has 2 nitrogen and oxygen atoms in total. The zero-order chi connectivity index (χ0) is 22.5. The van der Waals surface area contributed by atoms with E-state index >= 15 is 0 Å². The van der Waals surface area contributed by atoms with Crippen molar-refractivity contribution >= 4 is 16.7 Å². The van der Waals surface area contributed by atoms with Gasteiger partial charge in [0.25, 0.3) is 0 Å². The number of para-hydroxylation sites is 1. The van der Waals surface area contributed by atoms with Crippen LogP contribution in [0.4, 0.5) is 4.39 Å². The third-order valence-corrected chi connectivity index (χ3v) is 6.10. The van der Waals surface area contributed by atoms with Crippen molar-refractivity contribution in [2.75, 3.05) is 0 Å². The Labute approximate surface area is 189 Å². The molecule has 0 atom stereocenters. The van der Waals surface area contributed by atoms with Gasteiger partial charge in [-0.15, -0.1) is 13.2 Å². The first-order valence-electron chi connectivity index (χ1n) is 11.5. The maximum absolute atomic E-state index is 13.4. The summed E-state index contributed by atoms with van der Waals surface area (Å²) in [6, 6.07) is 15.0. The highest BCUT2D eigenvalue weighted by Gasteiger charge is 2.30. The van der Waals surface area contributed by atoms with E-state index in [1.54, 1.807) is 6.08 Å². The number of nitrogens with zero attached hydrogens (tertiary/aromatic N) is 1. The van der Waals surface area contributed by atoms with Crippen LogP contribution in [-0.2, 0) is 11.2 Å². The Hall–Kier alpha value is -3.07. The molecule has 5 rings (SSSR count). The highest BCUT2D eigenvalue weighted by atomic mass is 19.1. The number of hydrogen-bond acceptors (Lipinski definition) is 2. The lowest BCUT2D eigenvalue weighted by atomic mass is 9.91. The van der Waals surface area contributed by atoms with Gasteiger partial charge in [0.15, 0.2) is 0 Å². The van der Waals surface area contributed by atoms with E-state index in [0.717, 1.165) is 42.1 Å². The summed E-state index contributed by atoms with van der Waals surface area (Å²) in [6.45, 7) is 7.48. The van der Waals surface area contributed by atoms with E-state index in [1.807, 2.05) is 30.3 Å². The fraction of sp³-hybridized carbons (Fsp3) is 0.310. The van der Waals surface area contributed by atoms with E-state index in [1.165, 1.54) is 41.8 Å². The summed E-state index contributed by atoms with van der Waals surface area (Å²) in [5.41, 5.74) is 5.68. The highest BCUT2D eigenvalue weighted by molar-refractivity contribution is 5.97. The molecule has 2 aliphatic carbocycles. The molecule has 0 amide bonds. The van der Waals surface area contributed by atoms with Gasteiger partial charge in [-0.05, 0) is 73.4 Å². The van der Waals surface area contributed by atoms with Crippen molar-refractivity contribution in [1.29, 1.82) is 0 Å². The number of pyridine rings is 1. The fourth-order valence-corrected chi connectivity index (χ4v) is 4.12. The third kappa shape index (κ3) is 5.21. The quantitative estimate of drug-likeness (QED) is 0.347. The zero-order valence-corrected chi connectivity index (χ0v) is 18.5. The maximum Gasteiger partial charge on any atom is 0.136 e. The molecule has 32 heavy (non-hydrogen) atoms.